The number of ether oxygens (including phenoxy) is 1. The van der Waals surface area contributed by atoms with Gasteiger partial charge >= 0.3 is 0 Å². The molecule has 144 valence electrons. The van der Waals surface area contributed by atoms with Crippen molar-refractivity contribution in [2.45, 2.75) is 18.1 Å². The molecule has 2 aliphatic heterocycles. The molecule has 2 saturated heterocycles. The molecule has 0 aliphatic carbocycles. The molecule has 0 N–H and O–H groups in total. The number of rotatable bonds is 5. The zero-order valence-corrected chi connectivity index (χ0v) is 15.6. The average Bonchev–Trinajstić information content (AvgIpc) is 3.04. The third kappa shape index (κ3) is 3.00. The van der Waals surface area contributed by atoms with E-state index in [0.717, 1.165) is 21.9 Å². The molecule has 4 heterocycles. The summed E-state index contributed by atoms with van der Waals surface area (Å²) in [6.45, 7) is 1.60. The van der Waals surface area contributed by atoms with Crippen LogP contribution in [0.2, 0.25) is 0 Å². The van der Waals surface area contributed by atoms with Crippen molar-refractivity contribution >= 4 is 16.6 Å². The van der Waals surface area contributed by atoms with Gasteiger partial charge in [-0.1, -0.05) is 12.1 Å². The number of nitrogens with zero attached hydrogens (tertiary/aromatic N) is 4. The molecule has 0 unspecified atom stereocenters. The molecule has 1 aromatic carbocycles. The number of aryl methyl sites for hydroxylation is 1. The zero-order valence-electron chi connectivity index (χ0n) is 15.6. The standard InChI is InChI=1S/C21H21FN4O2/c1-25-9-17(8-24-25)14-2-3-15-7-23-18(5-16(15)4-14)6-20(27)21(22)12-26(13-21)19-10-28-11-19/h2-5,7-9,19H,6,10-13H2,1H3. The maximum absolute atomic E-state index is 14.9. The normalized spacial score (nSPS) is 19.4. The molecule has 2 aliphatic rings. The van der Waals surface area contributed by atoms with Crippen molar-refractivity contribution < 1.29 is 13.9 Å². The van der Waals surface area contributed by atoms with Crippen LogP contribution in [0.25, 0.3) is 21.9 Å². The summed E-state index contributed by atoms with van der Waals surface area (Å²) < 4.78 is 21.8. The van der Waals surface area contributed by atoms with Crippen LogP contribution in [0.15, 0.2) is 42.9 Å². The number of alkyl halides is 1. The highest BCUT2D eigenvalue weighted by Gasteiger charge is 2.52. The predicted octanol–water partition coefficient (Wildman–Crippen LogP) is 2.17. The molecule has 3 aromatic rings. The molecule has 6 nitrogen and oxygen atoms in total. The second kappa shape index (κ2) is 6.46. The van der Waals surface area contributed by atoms with Crippen molar-refractivity contribution in [1.82, 2.24) is 19.7 Å². The van der Waals surface area contributed by atoms with Crippen LogP contribution in [-0.4, -0.2) is 63.5 Å². The fraction of sp³-hybridized carbons (Fsp3) is 0.381. The Morgan fingerprint density at radius 3 is 2.71 bits per heavy atom. The Morgan fingerprint density at radius 1 is 1.21 bits per heavy atom. The number of pyridine rings is 1. The van der Waals surface area contributed by atoms with Crippen molar-refractivity contribution in [1.29, 1.82) is 0 Å². The Morgan fingerprint density at radius 2 is 2.04 bits per heavy atom. The van der Waals surface area contributed by atoms with Crippen LogP contribution in [0.3, 0.4) is 0 Å². The summed E-state index contributed by atoms with van der Waals surface area (Å²) in [4.78, 5) is 18.9. The number of aromatic nitrogens is 3. The van der Waals surface area contributed by atoms with E-state index in [1.807, 2.05) is 42.5 Å². The smallest absolute Gasteiger partial charge is 0.194 e. The molecule has 7 heteroatoms. The van der Waals surface area contributed by atoms with E-state index in [4.69, 9.17) is 4.74 Å². The van der Waals surface area contributed by atoms with Crippen molar-refractivity contribution in [3.63, 3.8) is 0 Å². The Hall–Kier alpha value is -2.64. The number of halogens is 1. The SMILES string of the molecule is Cn1cc(-c2ccc3cnc(CC(=O)C4(F)CN(C5COC5)C4)cc3c2)cn1. The molecular formula is C21H21FN4O2. The summed E-state index contributed by atoms with van der Waals surface area (Å²) in [6.07, 6.45) is 5.53. The van der Waals surface area contributed by atoms with Crippen molar-refractivity contribution in [2.24, 2.45) is 7.05 Å². The molecule has 0 bridgehead atoms. The summed E-state index contributed by atoms with van der Waals surface area (Å²) in [7, 11) is 1.88. The first kappa shape index (κ1) is 17.5. The lowest BCUT2D eigenvalue weighted by atomic mass is 9.87. The lowest BCUT2D eigenvalue weighted by Gasteiger charge is -2.49. The topological polar surface area (TPSA) is 60.2 Å². The molecule has 0 spiro atoms. The monoisotopic (exact) mass is 380 g/mol. The van der Waals surface area contributed by atoms with Crippen LogP contribution in [0.5, 0.6) is 0 Å². The molecule has 0 amide bonds. The van der Waals surface area contributed by atoms with E-state index in [-0.39, 0.29) is 31.3 Å². The van der Waals surface area contributed by atoms with Gasteiger partial charge in [0.15, 0.2) is 11.5 Å². The number of carbonyl (C=O) groups excluding carboxylic acids is 1. The minimum absolute atomic E-state index is 0.0125. The van der Waals surface area contributed by atoms with Gasteiger partial charge in [0.2, 0.25) is 0 Å². The van der Waals surface area contributed by atoms with E-state index >= 15 is 0 Å². The van der Waals surface area contributed by atoms with E-state index in [1.165, 1.54) is 0 Å². The minimum atomic E-state index is -1.76. The molecule has 0 atom stereocenters. The Bertz CT molecular complexity index is 1050. The van der Waals surface area contributed by atoms with Gasteiger partial charge in [-0.2, -0.15) is 5.10 Å². The highest BCUT2D eigenvalue weighted by atomic mass is 19.1. The first-order valence-corrected chi connectivity index (χ1v) is 9.42. The van der Waals surface area contributed by atoms with Crippen LogP contribution >= 0.6 is 0 Å². The van der Waals surface area contributed by atoms with Gasteiger partial charge in [-0.3, -0.25) is 19.4 Å². The number of fused-ring (bicyclic) bond motifs is 1. The minimum Gasteiger partial charge on any atom is -0.378 e. The highest BCUT2D eigenvalue weighted by Crippen LogP contribution is 2.32. The summed E-state index contributed by atoms with van der Waals surface area (Å²) in [5, 5.41) is 6.17. The molecule has 28 heavy (non-hydrogen) atoms. The van der Waals surface area contributed by atoms with Crippen LogP contribution in [-0.2, 0) is 23.0 Å². The van der Waals surface area contributed by atoms with Gasteiger partial charge < -0.3 is 4.74 Å². The van der Waals surface area contributed by atoms with E-state index in [2.05, 4.69) is 16.1 Å². The Balaban J connectivity index is 1.33. The third-order valence-corrected chi connectivity index (χ3v) is 5.70. The van der Waals surface area contributed by atoms with Gasteiger partial charge in [0.1, 0.15) is 0 Å². The Labute approximate surface area is 161 Å². The van der Waals surface area contributed by atoms with E-state index in [9.17, 15) is 9.18 Å². The summed E-state index contributed by atoms with van der Waals surface area (Å²) in [5.74, 6) is -0.390. The van der Waals surface area contributed by atoms with Gasteiger partial charge in [0, 0.05) is 49.2 Å². The second-order valence-electron chi connectivity index (χ2n) is 7.80. The van der Waals surface area contributed by atoms with E-state index in [1.54, 1.807) is 10.9 Å². The first-order valence-electron chi connectivity index (χ1n) is 9.42. The largest absolute Gasteiger partial charge is 0.378 e. The maximum atomic E-state index is 14.9. The number of ketones is 1. The van der Waals surface area contributed by atoms with Crippen LogP contribution < -0.4 is 0 Å². The number of hydrogen-bond acceptors (Lipinski definition) is 5. The average molecular weight is 380 g/mol. The van der Waals surface area contributed by atoms with Crippen LogP contribution in [0, 0.1) is 0 Å². The molecule has 0 saturated carbocycles. The highest BCUT2D eigenvalue weighted by molar-refractivity contribution is 5.92. The van der Waals surface area contributed by atoms with E-state index in [0.29, 0.717) is 18.9 Å². The van der Waals surface area contributed by atoms with Gasteiger partial charge in [-0.25, -0.2) is 4.39 Å². The fourth-order valence-electron chi connectivity index (χ4n) is 3.82. The third-order valence-electron chi connectivity index (χ3n) is 5.70. The number of carbonyl (C=O) groups is 1. The van der Waals surface area contributed by atoms with Gasteiger partial charge in [0.25, 0.3) is 0 Å². The van der Waals surface area contributed by atoms with Crippen molar-refractivity contribution in [3.05, 3.63) is 48.5 Å². The summed E-state index contributed by atoms with van der Waals surface area (Å²) in [5.41, 5.74) is 0.909. The van der Waals surface area contributed by atoms with Gasteiger partial charge in [0.05, 0.1) is 31.9 Å². The first-order chi connectivity index (χ1) is 13.5. The zero-order chi connectivity index (χ0) is 19.3. The molecular weight excluding hydrogens is 359 g/mol. The lowest BCUT2D eigenvalue weighted by Crippen LogP contribution is -2.69. The van der Waals surface area contributed by atoms with Crippen LogP contribution in [0.4, 0.5) is 4.39 Å². The quantitative estimate of drug-likeness (QED) is 0.679. The lowest BCUT2D eigenvalue weighted by molar-refractivity contribution is -0.161. The summed E-state index contributed by atoms with van der Waals surface area (Å²) in [6, 6.07) is 8.22. The molecule has 2 fully saturated rings. The molecule has 0 radical (unpaired) electrons. The number of hydrogen-bond donors (Lipinski definition) is 0. The molecule has 2 aromatic heterocycles. The van der Waals surface area contributed by atoms with Gasteiger partial charge in [-0.15, -0.1) is 0 Å². The number of Topliss-reactive ketones (excluding diaryl/α,β-unsaturated/α-hetero) is 1. The predicted molar refractivity (Wildman–Crippen MR) is 103 cm³/mol. The van der Waals surface area contributed by atoms with Gasteiger partial charge in [-0.05, 0) is 23.1 Å². The number of benzene rings is 1. The number of likely N-dealkylation sites (tertiary alicyclic amines) is 1. The second-order valence-corrected chi connectivity index (χ2v) is 7.80. The maximum Gasteiger partial charge on any atom is 0.194 e. The van der Waals surface area contributed by atoms with Crippen molar-refractivity contribution in [3.8, 4) is 11.1 Å². The van der Waals surface area contributed by atoms with Crippen molar-refractivity contribution in [2.75, 3.05) is 26.3 Å². The van der Waals surface area contributed by atoms with Crippen LogP contribution in [0.1, 0.15) is 5.69 Å². The van der Waals surface area contributed by atoms with E-state index < -0.39 is 5.67 Å². The molecule has 5 rings (SSSR count). The Kier molecular flexibility index (Phi) is 4.03. The summed E-state index contributed by atoms with van der Waals surface area (Å²) >= 11 is 0. The fourth-order valence-corrected chi connectivity index (χ4v) is 3.82.